The van der Waals surface area contributed by atoms with Crippen molar-refractivity contribution in [3.05, 3.63) is 72.1 Å². The van der Waals surface area contributed by atoms with Crippen LogP contribution in [0.4, 0.5) is 5.13 Å². The summed E-state index contributed by atoms with van der Waals surface area (Å²) in [6, 6.07) is 20.0. The Hall–Kier alpha value is -3.23. The number of thiazole rings is 1. The number of hydrogen-bond acceptors (Lipinski definition) is 6. The van der Waals surface area contributed by atoms with Gasteiger partial charge in [-0.15, -0.1) is 11.3 Å². The predicted octanol–water partition coefficient (Wildman–Crippen LogP) is 4.38. The predicted molar refractivity (Wildman–Crippen MR) is 119 cm³/mol. The Morgan fingerprint density at radius 3 is 2.50 bits per heavy atom. The van der Waals surface area contributed by atoms with Crippen LogP contribution in [0.15, 0.2) is 77.0 Å². The summed E-state index contributed by atoms with van der Waals surface area (Å²) in [6.45, 7) is 0. The minimum Gasteiger partial charge on any atom is -0.497 e. The molecule has 3 aromatic carbocycles. The Morgan fingerprint density at radius 2 is 1.77 bits per heavy atom. The highest BCUT2D eigenvalue weighted by atomic mass is 32.2. The van der Waals surface area contributed by atoms with Crippen molar-refractivity contribution in [2.75, 3.05) is 18.2 Å². The monoisotopic (exact) mass is 438 g/mol. The summed E-state index contributed by atoms with van der Waals surface area (Å²) >= 11 is 1.25. The van der Waals surface area contributed by atoms with Crippen LogP contribution in [0.2, 0.25) is 0 Å². The average molecular weight is 439 g/mol. The van der Waals surface area contributed by atoms with Crippen LogP contribution in [0, 0.1) is 0 Å². The number of fused-ring (bicyclic) bond motifs is 1. The molecule has 0 aliphatic heterocycles. The summed E-state index contributed by atoms with van der Waals surface area (Å²) in [6.07, 6.45) is 0. The van der Waals surface area contributed by atoms with Crippen LogP contribution in [0.1, 0.15) is 0 Å². The van der Waals surface area contributed by atoms with Crippen LogP contribution >= 0.6 is 11.3 Å². The first kappa shape index (κ1) is 20.1. The highest BCUT2D eigenvalue weighted by molar-refractivity contribution is 7.92. The van der Waals surface area contributed by atoms with Crippen LogP contribution in [-0.2, 0) is 14.6 Å². The molecule has 1 aromatic heterocycles. The molecule has 152 valence electrons. The Labute approximate surface area is 178 Å². The van der Waals surface area contributed by atoms with Crippen molar-refractivity contribution in [1.29, 1.82) is 0 Å². The number of anilines is 1. The molecule has 4 rings (SSSR count). The second-order valence-corrected chi connectivity index (χ2v) is 9.43. The number of ether oxygens (including phenoxy) is 1. The van der Waals surface area contributed by atoms with Gasteiger partial charge in [0.1, 0.15) is 11.5 Å². The molecule has 0 atom stereocenters. The summed E-state index contributed by atoms with van der Waals surface area (Å²) in [5.74, 6) is -0.753. The number of aromatic nitrogens is 1. The fraction of sp³-hybridized carbons (Fsp3) is 0.0909. The van der Waals surface area contributed by atoms with Crippen molar-refractivity contribution in [2.24, 2.45) is 0 Å². The van der Waals surface area contributed by atoms with E-state index in [9.17, 15) is 13.2 Å². The molecule has 0 aliphatic carbocycles. The Kier molecular flexibility index (Phi) is 5.52. The van der Waals surface area contributed by atoms with Crippen LogP contribution in [0.5, 0.6) is 5.75 Å². The Morgan fingerprint density at radius 1 is 1.03 bits per heavy atom. The van der Waals surface area contributed by atoms with E-state index < -0.39 is 21.5 Å². The molecule has 30 heavy (non-hydrogen) atoms. The van der Waals surface area contributed by atoms with Crippen molar-refractivity contribution >= 4 is 43.0 Å². The van der Waals surface area contributed by atoms with Gasteiger partial charge in [-0.05, 0) is 41.1 Å². The van der Waals surface area contributed by atoms with Gasteiger partial charge in [-0.1, -0.05) is 36.4 Å². The van der Waals surface area contributed by atoms with Gasteiger partial charge in [-0.25, -0.2) is 13.4 Å². The van der Waals surface area contributed by atoms with Crippen molar-refractivity contribution in [3.63, 3.8) is 0 Å². The number of methoxy groups -OCH3 is 1. The molecular formula is C22H18N2O4S2. The van der Waals surface area contributed by atoms with Crippen LogP contribution < -0.4 is 10.1 Å². The third kappa shape index (κ3) is 4.34. The van der Waals surface area contributed by atoms with E-state index in [1.54, 1.807) is 12.1 Å². The number of hydrogen-bond donors (Lipinski definition) is 1. The van der Waals surface area contributed by atoms with E-state index in [0.717, 1.165) is 22.0 Å². The van der Waals surface area contributed by atoms with Crippen molar-refractivity contribution in [3.8, 4) is 17.0 Å². The highest BCUT2D eigenvalue weighted by Crippen LogP contribution is 2.28. The van der Waals surface area contributed by atoms with E-state index >= 15 is 0 Å². The van der Waals surface area contributed by atoms with Gasteiger partial charge in [0.05, 0.1) is 17.7 Å². The molecule has 0 saturated heterocycles. The number of benzene rings is 3. The van der Waals surface area contributed by atoms with Crippen molar-refractivity contribution < 1.29 is 17.9 Å². The molecule has 0 spiro atoms. The lowest BCUT2D eigenvalue weighted by Gasteiger charge is -2.06. The maximum Gasteiger partial charge on any atom is 0.241 e. The van der Waals surface area contributed by atoms with Gasteiger partial charge in [0.15, 0.2) is 15.0 Å². The number of nitrogens with zero attached hydrogens (tertiary/aromatic N) is 1. The van der Waals surface area contributed by atoms with Crippen molar-refractivity contribution in [2.45, 2.75) is 4.90 Å². The maximum absolute atomic E-state index is 12.5. The second-order valence-electron chi connectivity index (χ2n) is 6.58. The molecular weight excluding hydrogens is 420 g/mol. The van der Waals surface area contributed by atoms with E-state index in [-0.39, 0.29) is 4.90 Å². The molecule has 6 nitrogen and oxygen atoms in total. The lowest BCUT2D eigenvalue weighted by Crippen LogP contribution is -2.22. The molecule has 0 radical (unpaired) electrons. The van der Waals surface area contributed by atoms with Gasteiger partial charge in [0, 0.05) is 10.9 Å². The average Bonchev–Trinajstić information content (AvgIpc) is 3.21. The number of amides is 1. The zero-order valence-electron chi connectivity index (χ0n) is 16.0. The van der Waals surface area contributed by atoms with Crippen LogP contribution in [0.25, 0.3) is 22.0 Å². The van der Waals surface area contributed by atoms with Gasteiger partial charge in [-0.3, -0.25) is 4.79 Å². The third-order valence-electron chi connectivity index (χ3n) is 4.54. The Bertz CT molecular complexity index is 1310. The second kappa shape index (κ2) is 8.25. The summed E-state index contributed by atoms with van der Waals surface area (Å²) in [5.41, 5.74) is 1.65. The molecule has 4 aromatic rings. The molecule has 0 saturated carbocycles. The first-order valence-corrected chi connectivity index (χ1v) is 11.6. The number of sulfone groups is 1. The molecule has 1 amide bonds. The number of carbonyl (C=O) groups excluding carboxylic acids is 1. The standard InChI is InChI=1S/C22H18N2O4S2/c1-28-18-8-10-19(11-9-18)30(26,27)14-21(25)24-22-23-20(13-29-22)17-7-6-15-4-2-3-5-16(15)12-17/h2-13H,14H2,1H3,(H,23,24,25). The minimum absolute atomic E-state index is 0.0643. The topological polar surface area (TPSA) is 85.4 Å². The molecule has 1 N–H and O–H groups in total. The zero-order chi connectivity index (χ0) is 21.1. The third-order valence-corrected chi connectivity index (χ3v) is 6.93. The molecule has 8 heteroatoms. The van der Waals surface area contributed by atoms with Crippen LogP contribution in [-0.4, -0.2) is 32.2 Å². The van der Waals surface area contributed by atoms with E-state index in [2.05, 4.69) is 10.3 Å². The molecule has 0 fully saturated rings. The van der Waals surface area contributed by atoms with E-state index in [0.29, 0.717) is 10.9 Å². The summed E-state index contributed by atoms with van der Waals surface area (Å²) in [5, 5.41) is 7.00. The summed E-state index contributed by atoms with van der Waals surface area (Å²) in [7, 11) is -2.27. The van der Waals surface area contributed by atoms with Crippen molar-refractivity contribution in [1.82, 2.24) is 4.98 Å². The minimum atomic E-state index is -3.77. The van der Waals surface area contributed by atoms with E-state index in [1.807, 2.05) is 47.8 Å². The zero-order valence-corrected chi connectivity index (χ0v) is 17.7. The maximum atomic E-state index is 12.5. The quantitative estimate of drug-likeness (QED) is 0.483. The summed E-state index contributed by atoms with van der Waals surface area (Å²) in [4.78, 5) is 16.8. The van der Waals surface area contributed by atoms with E-state index in [1.165, 1.54) is 30.6 Å². The first-order chi connectivity index (χ1) is 14.4. The smallest absolute Gasteiger partial charge is 0.241 e. The molecule has 0 aliphatic rings. The largest absolute Gasteiger partial charge is 0.497 e. The number of rotatable bonds is 6. The number of carbonyl (C=O) groups is 1. The lowest BCUT2D eigenvalue weighted by atomic mass is 10.1. The SMILES string of the molecule is COc1ccc(S(=O)(=O)CC(=O)Nc2nc(-c3ccc4ccccc4c3)cs2)cc1. The fourth-order valence-corrected chi connectivity index (χ4v) is 4.88. The lowest BCUT2D eigenvalue weighted by molar-refractivity contribution is -0.113. The molecule has 0 unspecified atom stereocenters. The van der Waals surface area contributed by atoms with Gasteiger partial charge in [0.25, 0.3) is 0 Å². The van der Waals surface area contributed by atoms with Gasteiger partial charge in [-0.2, -0.15) is 0 Å². The van der Waals surface area contributed by atoms with E-state index in [4.69, 9.17) is 4.74 Å². The van der Waals surface area contributed by atoms with Gasteiger partial charge in [0.2, 0.25) is 5.91 Å². The number of nitrogens with one attached hydrogen (secondary N) is 1. The Balaban J connectivity index is 1.46. The fourth-order valence-electron chi connectivity index (χ4n) is 3.01. The molecule has 1 heterocycles. The van der Waals surface area contributed by atoms with Gasteiger partial charge < -0.3 is 10.1 Å². The van der Waals surface area contributed by atoms with Gasteiger partial charge >= 0.3 is 0 Å². The first-order valence-electron chi connectivity index (χ1n) is 9.06. The summed E-state index contributed by atoms with van der Waals surface area (Å²) < 4.78 is 30.0. The van der Waals surface area contributed by atoms with Crippen LogP contribution in [0.3, 0.4) is 0 Å². The normalized spacial score (nSPS) is 11.4. The highest BCUT2D eigenvalue weighted by Gasteiger charge is 2.20. The molecule has 0 bridgehead atoms.